The van der Waals surface area contributed by atoms with Gasteiger partial charge in [0.1, 0.15) is 0 Å². The molecule has 102 valence electrons. The standard InChI is InChI=1S/C14H19N3OS/c1-9-12(11(3)17(4)16-9)8-14(18)15-10(2)13-6-5-7-19-13/h5-7,10H,8H2,1-4H3,(H,15,18). The first-order valence-electron chi connectivity index (χ1n) is 6.31. The van der Waals surface area contributed by atoms with Crippen molar-refractivity contribution in [1.82, 2.24) is 15.1 Å². The van der Waals surface area contributed by atoms with Gasteiger partial charge in [0.25, 0.3) is 0 Å². The van der Waals surface area contributed by atoms with Crippen molar-refractivity contribution in [3.8, 4) is 0 Å². The number of hydrogen-bond acceptors (Lipinski definition) is 3. The second-order valence-electron chi connectivity index (χ2n) is 4.75. The Morgan fingerprint density at radius 2 is 2.26 bits per heavy atom. The van der Waals surface area contributed by atoms with E-state index in [0.29, 0.717) is 6.42 Å². The number of rotatable bonds is 4. The van der Waals surface area contributed by atoms with Crippen LogP contribution in [0.25, 0.3) is 0 Å². The summed E-state index contributed by atoms with van der Waals surface area (Å²) in [7, 11) is 1.90. The molecule has 2 aromatic rings. The number of aryl methyl sites for hydroxylation is 2. The van der Waals surface area contributed by atoms with E-state index in [1.165, 1.54) is 4.88 Å². The smallest absolute Gasteiger partial charge is 0.225 e. The number of carbonyl (C=O) groups is 1. The molecular weight excluding hydrogens is 258 g/mol. The molecule has 19 heavy (non-hydrogen) atoms. The SMILES string of the molecule is Cc1nn(C)c(C)c1CC(=O)NC(C)c1cccs1. The molecule has 1 amide bonds. The molecule has 0 saturated carbocycles. The van der Waals surface area contributed by atoms with Gasteiger partial charge in [0.2, 0.25) is 5.91 Å². The van der Waals surface area contributed by atoms with Gasteiger partial charge in [-0.3, -0.25) is 9.48 Å². The number of aromatic nitrogens is 2. The average molecular weight is 277 g/mol. The molecule has 0 radical (unpaired) electrons. The first-order valence-corrected chi connectivity index (χ1v) is 7.19. The molecule has 2 rings (SSSR count). The van der Waals surface area contributed by atoms with Crippen LogP contribution in [0.15, 0.2) is 17.5 Å². The Bertz CT molecular complexity index is 572. The van der Waals surface area contributed by atoms with Crippen LogP contribution >= 0.6 is 11.3 Å². The van der Waals surface area contributed by atoms with E-state index in [4.69, 9.17) is 0 Å². The minimum absolute atomic E-state index is 0.0418. The number of amides is 1. The third-order valence-corrected chi connectivity index (χ3v) is 4.40. The molecule has 0 saturated heterocycles. The molecule has 2 heterocycles. The van der Waals surface area contributed by atoms with Crippen molar-refractivity contribution in [2.24, 2.45) is 7.05 Å². The second-order valence-corrected chi connectivity index (χ2v) is 5.73. The largest absolute Gasteiger partial charge is 0.348 e. The van der Waals surface area contributed by atoms with E-state index in [-0.39, 0.29) is 11.9 Å². The van der Waals surface area contributed by atoms with Crippen molar-refractivity contribution in [3.05, 3.63) is 39.3 Å². The molecule has 1 unspecified atom stereocenters. The Balaban J connectivity index is 2.02. The highest BCUT2D eigenvalue weighted by Gasteiger charge is 2.15. The van der Waals surface area contributed by atoms with Crippen LogP contribution < -0.4 is 5.32 Å². The Hall–Kier alpha value is -1.62. The van der Waals surface area contributed by atoms with Gasteiger partial charge in [0, 0.05) is 23.2 Å². The fourth-order valence-corrected chi connectivity index (χ4v) is 2.87. The monoisotopic (exact) mass is 277 g/mol. The molecule has 4 nitrogen and oxygen atoms in total. The molecule has 1 N–H and O–H groups in total. The van der Waals surface area contributed by atoms with Crippen LogP contribution in [-0.4, -0.2) is 15.7 Å². The predicted molar refractivity (Wildman–Crippen MR) is 77.3 cm³/mol. The summed E-state index contributed by atoms with van der Waals surface area (Å²) in [6.07, 6.45) is 0.390. The number of nitrogens with zero attached hydrogens (tertiary/aromatic N) is 2. The third-order valence-electron chi connectivity index (χ3n) is 3.34. The molecule has 0 fully saturated rings. The first-order chi connectivity index (χ1) is 8.99. The highest BCUT2D eigenvalue weighted by Crippen LogP contribution is 2.19. The summed E-state index contributed by atoms with van der Waals surface area (Å²) in [6.45, 7) is 5.94. The van der Waals surface area contributed by atoms with E-state index >= 15 is 0 Å². The Morgan fingerprint density at radius 1 is 1.53 bits per heavy atom. The van der Waals surface area contributed by atoms with Gasteiger partial charge in [-0.25, -0.2) is 0 Å². The predicted octanol–water partition coefficient (Wildman–Crippen LogP) is 2.52. The van der Waals surface area contributed by atoms with Crippen molar-refractivity contribution in [3.63, 3.8) is 0 Å². The van der Waals surface area contributed by atoms with Crippen molar-refractivity contribution >= 4 is 17.2 Å². The molecular formula is C14H19N3OS. The lowest BCUT2D eigenvalue weighted by atomic mass is 10.1. The van der Waals surface area contributed by atoms with E-state index in [1.807, 2.05) is 50.0 Å². The van der Waals surface area contributed by atoms with Crippen molar-refractivity contribution in [2.45, 2.75) is 33.2 Å². The van der Waals surface area contributed by atoms with Crippen LogP contribution in [0, 0.1) is 13.8 Å². The molecule has 2 aromatic heterocycles. The third kappa shape index (κ3) is 3.04. The van der Waals surface area contributed by atoms with E-state index in [9.17, 15) is 4.79 Å². The fraction of sp³-hybridized carbons (Fsp3) is 0.429. The Kier molecular flexibility index (Phi) is 4.04. The maximum atomic E-state index is 12.1. The summed E-state index contributed by atoms with van der Waals surface area (Å²) >= 11 is 1.66. The van der Waals surface area contributed by atoms with Gasteiger partial charge in [-0.2, -0.15) is 5.10 Å². The van der Waals surface area contributed by atoms with Crippen LogP contribution in [0.4, 0.5) is 0 Å². The summed E-state index contributed by atoms with van der Waals surface area (Å²) in [5.74, 6) is 0.0418. The summed E-state index contributed by atoms with van der Waals surface area (Å²) in [5.41, 5.74) is 3.01. The summed E-state index contributed by atoms with van der Waals surface area (Å²) in [5, 5.41) is 9.38. The number of nitrogens with one attached hydrogen (secondary N) is 1. The summed E-state index contributed by atoms with van der Waals surface area (Å²) in [4.78, 5) is 13.3. The zero-order chi connectivity index (χ0) is 14.0. The highest BCUT2D eigenvalue weighted by atomic mass is 32.1. The highest BCUT2D eigenvalue weighted by molar-refractivity contribution is 7.10. The van der Waals surface area contributed by atoms with Crippen molar-refractivity contribution in [2.75, 3.05) is 0 Å². The molecule has 1 atom stereocenters. The van der Waals surface area contributed by atoms with E-state index in [0.717, 1.165) is 17.0 Å². The summed E-state index contributed by atoms with van der Waals surface area (Å²) < 4.78 is 1.82. The van der Waals surface area contributed by atoms with Crippen LogP contribution in [0.5, 0.6) is 0 Å². The lowest BCUT2D eigenvalue weighted by Gasteiger charge is -2.12. The van der Waals surface area contributed by atoms with Gasteiger partial charge < -0.3 is 5.32 Å². The van der Waals surface area contributed by atoms with Gasteiger partial charge >= 0.3 is 0 Å². The Labute approximate surface area is 117 Å². The molecule has 0 aliphatic carbocycles. The topological polar surface area (TPSA) is 46.9 Å². The van der Waals surface area contributed by atoms with Gasteiger partial charge in [-0.15, -0.1) is 11.3 Å². The molecule has 0 aromatic carbocycles. The fourth-order valence-electron chi connectivity index (χ4n) is 2.14. The van der Waals surface area contributed by atoms with Crippen LogP contribution in [0.1, 0.15) is 34.8 Å². The average Bonchev–Trinajstić information content (AvgIpc) is 2.94. The zero-order valence-electron chi connectivity index (χ0n) is 11.7. The van der Waals surface area contributed by atoms with Gasteiger partial charge in [-0.05, 0) is 32.2 Å². The minimum atomic E-state index is 0.0418. The van der Waals surface area contributed by atoms with Crippen LogP contribution in [-0.2, 0) is 18.3 Å². The van der Waals surface area contributed by atoms with Crippen LogP contribution in [0.2, 0.25) is 0 Å². The molecule has 0 aliphatic heterocycles. The summed E-state index contributed by atoms with van der Waals surface area (Å²) in [6, 6.07) is 4.10. The quantitative estimate of drug-likeness (QED) is 0.933. The lowest BCUT2D eigenvalue weighted by Crippen LogP contribution is -2.28. The van der Waals surface area contributed by atoms with Crippen LogP contribution in [0.3, 0.4) is 0 Å². The Morgan fingerprint density at radius 3 is 2.79 bits per heavy atom. The number of thiophene rings is 1. The maximum Gasteiger partial charge on any atom is 0.225 e. The number of hydrogen-bond donors (Lipinski definition) is 1. The lowest BCUT2D eigenvalue weighted by molar-refractivity contribution is -0.121. The molecule has 0 aliphatic rings. The van der Waals surface area contributed by atoms with Gasteiger partial charge in [0.15, 0.2) is 0 Å². The molecule has 0 spiro atoms. The normalized spacial score (nSPS) is 12.4. The molecule has 0 bridgehead atoms. The maximum absolute atomic E-state index is 12.1. The van der Waals surface area contributed by atoms with E-state index in [1.54, 1.807) is 11.3 Å². The minimum Gasteiger partial charge on any atom is -0.348 e. The van der Waals surface area contributed by atoms with Crippen molar-refractivity contribution in [1.29, 1.82) is 0 Å². The first kappa shape index (κ1) is 13.8. The number of carbonyl (C=O) groups excluding carboxylic acids is 1. The molecule has 5 heteroatoms. The zero-order valence-corrected chi connectivity index (χ0v) is 12.5. The van der Waals surface area contributed by atoms with E-state index < -0.39 is 0 Å². The second kappa shape index (κ2) is 5.57. The van der Waals surface area contributed by atoms with Gasteiger partial charge in [0.05, 0.1) is 18.2 Å². The van der Waals surface area contributed by atoms with E-state index in [2.05, 4.69) is 10.4 Å². The van der Waals surface area contributed by atoms with Crippen molar-refractivity contribution < 1.29 is 4.79 Å². The van der Waals surface area contributed by atoms with Gasteiger partial charge in [-0.1, -0.05) is 6.07 Å².